The molecule has 0 atom stereocenters. The molecule has 0 saturated carbocycles. The maximum absolute atomic E-state index is 14.8. The second kappa shape index (κ2) is 10.4. The zero-order valence-corrected chi connectivity index (χ0v) is 22.2. The zero-order chi connectivity index (χ0) is 27.7. The predicted octanol–water partition coefficient (Wildman–Crippen LogP) is 6.10. The molecule has 0 N–H and O–H groups in total. The number of carbonyl (C=O) groups is 1. The minimum Gasteiger partial charge on any atom is -0.444 e. The van der Waals surface area contributed by atoms with Crippen LogP contribution in [0.2, 0.25) is 0 Å². The fraction of sp³-hybridized carbons (Fsp3) is 0.214. The summed E-state index contributed by atoms with van der Waals surface area (Å²) in [6.45, 7) is 5.25. The Morgan fingerprint density at radius 1 is 1.00 bits per heavy atom. The van der Waals surface area contributed by atoms with Crippen LogP contribution in [0, 0.1) is 11.6 Å². The van der Waals surface area contributed by atoms with Gasteiger partial charge < -0.3 is 9.64 Å². The summed E-state index contributed by atoms with van der Waals surface area (Å²) < 4.78 is 62.6. The lowest BCUT2D eigenvalue weighted by molar-refractivity contribution is 0.0285. The molecule has 2 heterocycles. The molecule has 0 spiro atoms. The third kappa shape index (κ3) is 5.91. The van der Waals surface area contributed by atoms with Crippen molar-refractivity contribution < 1.29 is 26.7 Å². The van der Waals surface area contributed by atoms with Crippen molar-refractivity contribution in [3.8, 4) is 22.4 Å². The molecule has 4 aromatic rings. The number of aromatic nitrogens is 2. The van der Waals surface area contributed by atoms with Gasteiger partial charge in [-0.05, 0) is 68.3 Å². The SMILES string of the molecule is CN(Cc1cc(-c2ccccc2F)n(S(=O)(=O)c2cccc(-c3cncc(F)c3)c2)c1)C(=O)OC(C)(C)C. The molecule has 2 aromatic carbocycles. The number of pyridine rings is 1. The van der Waals surface area contributed by atoms with E-state index in [2.05, 4.69) is 4.98 Å². The number of benzene rings is 2. The Bertz CT molecular complexity index is 1590. The molecule has 0 aliphatic heterocycles. The summed E-state index contributed by atoms with van der Waals surface area (Å²) in [6.07, 6.45) is 3.26. The Morgan fingerprint density at radius 3 is 2.42 bits per heavy atom. The molecule has 198 valence electrons. The summed E-state index contributed by atoms with van der Waals surface area (Å²) in [4.78, 5) is 17.5. The quantitative estimate of drug-likeness (QED) is 0.296. The van der Waals surface area contributed by atoms with E-state index in [1.54, 1.807) is 32.9 Å². The molecular formula is C28H27F2N3O4S. The summed E-state index contributed by atoms with van der Waals surface area (Å²) in [5.41, 5.74) is 0.763. The van der Waals surface area contributed by atoms with Crippen LogP contribution in [0.25, 0.3) is 22.4 Å². The van der Waals surface area contributed by atoms with Crippen molar-refractivity contribution in [2.75, 3.05) is 7.05 Å². The maximum atomic E-state index is 14.8. The maximum Gasteiger partial charge on any atom is 0.410 e. The normalized spacial score (nSPS) is 11.8. The summed E-state index contributed by atoms with van der Waals surface area (Å²) in [7, 11) is -2.71. The van der Waals surface area contributed by atoms with Crippen molar-refractivity contribution in [3.05, 3.63) is 96.5 Å². The van der Waals surface area contributed by atoms with Gasteiger partial charge in [0.25, 0.3) is 10.0 Å². The number of nitrogens with zero attached hydrogens (tertiary/aromatic N) is 3. The number of amides is 1. The molecule has 1 amide bonds. The molecule has 0 unspecified atom stereocenters. The molecule has 10 heteroatoms. The smallest absolute Gasteiger partial charge is 0.410 e. The predicted molar refractivity (Wildman–Crippen MR) is 140 cm³/mol. The Kier molecular flexibility index (Phi) is 7.37. The second-order valence-electron chi connectivity index (χ2n) is 9.77. The Labute approximate surface area is 220 Å². The molecule has 0 aliphatic carbocycles. The van der Waals surface area contributed by atoms with Crippen molar-refractivity contribution >= 4 is 16.1 Å². The highest BCUT2D eigenvalue weighted by Gasteiger charge is 2.25. The van der Waals surface area contributed by atoms with E-state index in [4.69, 9.17) is 4.74 Å². The van der Waals surface area contributed by atoms with Crippen LogP contribution in [0.1, 0.15) is 26.3 Å². The van der Waals surface area contributed by atoms with E-state index in [0.29, 0.717) is 16.7 Å². The van der Waals surface area contributed by atoms with Gasteiger partial charge in [0.2, 0.25) is 0 Å². The van der Waals surface area contributed by atoms with E-state index in [9.17, 15) is 22.0 Å². The molecule has 4 rings (SSSR count). The van der Waals surface area contributed by atoms with Crippen molar-refractivity contribution in [1.82, 2.24) is 13.9 Å². The number of hydrogen-bond donors (Lipinski definition) is 0. The summed E-state index contributed by atoms with van der Waals surface area (Å²) in [6, 6.07) is 14.6. The van der Waals surface area contributed by atoms with Gasteiger partial charge in [0.05, 0.1) is 23.3 Å². The zero-order valence-electron chi connectivity index (χ0n) is 21.4. The monoisotopic (exact) mass is 539 g/mol. The number of rotatable bonds is 6. The topological polar surface area (TPSA) is 81.5 Å². The minimum absolute atomic E-state index is 0.0217. The highest BCUT2D eigenvalue weighted by molar-refractivity contribution is 7.90. The minimum atomic E-state index is -4.24. The first-order chi connectivity index (χ1) is 17.8. The molecule has 0 aliphatic rings. The van der Waals surface area contributed by atoms with Gasteiger partial charge in [-0.25, -0.2) is 26.0 Å². The van der Waals surface area contributed by atoms with E-state index in [-0.39, 0.29) is 22.7 Å². The van der Waals surface area contributed by atoms with Crippen LogP contribution >= 0.6 is 0 Å². The molecule has 7 nitrogen and oxygen atoms in total. The number of ether oxygens (including phenoxy) is 1. The first-order valence-corrected chi connectivity index (χ1v) is 13.2. The summed E-state index contributed by atoms with van der Waals surface area (Å²) >= 11 is 0. The third-order valence-corrected chi connectivity index (χ3v) is 7.22. The Balaban J connectivity index is 1.78. The molecule has 2 aromatic heterocycles. The van der Waals surface area contributed by atoms with Crippen LogP contribution in [0.15, 0.2) is 84.1 Å². The van der Waals surface area contributed by atoms with Crippen LogP contribution in [0.3, 0.4) is 0 Å². The Morgan fingerprint density at radius 2 is 1.74 bits per heavy atom. The number of hydrogen-bond acceptors (Lipinski definition) is 5. The Hall–Kier alpha value is -4.05. The van der Waals surface area contributed by atoms with E-state index in [1.807, 2.05) is 0 Å². The lowest BCUT2D eigenvalue weighted by atomic mass is 10.1. The summed E-state index contributed by atoms with van der Waals surface area (Å²) in [5, 5.41) is 0. The van der Waals surface area contributed by atoms with Gasteiger partial charge in [0.1, 0.15) is 17.2 Å². The number of halogens is 2. The lowest BCUT2D eigenvalue weighted by Gasteiger charge is -2.24. The van der Waals surface area contributed by atoms with Crippen molar-refractivity contribution in [2.45, 2.75) is 37.8 Å². The van der Waals surface area contributed by atoms with Gasteiger partial charge in [-0.2, -0.15) is 0 Å². The highest BCUT2D eigenvalue weighted by Crippen LogP contribution is 2.31. The molecule has 0 fully saturated rings. The van der Waals surface area contributed by atoms with Gasteiger partial charge >= 0.3 is 6.09 Å². The number of carbonyl (C=O) groups excluding carboxylic acids is 1. The average molecular weight is 540 g/mol. The first-order valence-electron chi connectivity index (χ1n) is 11.7. The second-order valence-corrected chi connectivity index (χ2v) is 11.6. The van der Waals surface area contributed by atoms with Crippen LogP contribution in [-0.4, -0.2) is 41.0 Å². The van der Waals surface area contributed by atoms with E-state index in [1.165, 1.54) is 72.9 Å². The highest BCUT2D eigenvalue weighted by atomic mass is 32.2. The van der Waals surface area contributed by atoms with Crippen molar-refractivity contribution in [3.63, 3.8) is 0 Å². The molecule has 0 bridgehead atoms. The molecule has 0 radical (unpaired) electrons. The third-order valence-electron chi connectivity index (χ3n) is 5.55. The van der Waals surface area contributed by atoms with Gasteiger partial charge in [-0.15, -0.1) is 0 Å². The van der Waals surface area contributed by atoms with Crippen molar-refractivity contribution in [1.29, 1.82) is 0 Å². The van der Waals surface area contributed by atoms with Crippen LogP contribution in [-0.2, 0) is 21.3 Å². The molecule has 38 heavy (non-hydrogen) atoms. The van der Waals surface area contributed by atoms with Gasteiger partial charge in [-0.1, -0.05) is 24.3 Å². The van der Waals surface area contributed by atoms with E-state index in [0.717, 1.165) is 10.2 Å². The average Bonchev–Trinajstić information content (AvgIpc) is 3.27. The molecule has 0 saturated heterocycles. The largest absolute Gasteiger partial charge is 0.444 e. The first kappa shape index (κ1) is 27.0. The fourth-order valence-corrected chi connectivity index (χ4v) is 5.28. The fourth-order valence-electron chi connectivity index (χ4n) is 3.85. The van der Waals surface area contributed by atoms with Gasteiger partial charge in [-0.3, -0.25) is 4.98 Å². The lowest BCUT2D eigenvalue weighted by Crippen LogP contribution is -2.33. The van der Waals surface area contributed by atoms with Crippen molar-refractivity contribution in [2.24, 2.45) is 0 Å². The van der Waals surface area contributed by atoms with Crippen LogP contribution in [0.4, 0.5) is 13.6 Å². The van der Waals surface area contributed by atoms with Gasteiger partial charge in [0.15, 0.2) is 0 Å². The van der Waals surface area contributed by atoms with E-state index < -0.39 is 33.4 Å². The van der Waals surface area contributed by atoms with E-state index >= 15 is 0 Å². The van der Waals surface area contributed by atoms with Crippen LogP contribution in [0.5, 0.6) is 0 Å². The van der Waals surface area contributed by atoms with Gasteiger partial charge in [0, 0.05) is 30.6 Å². The standard InChI is InChI=1S/C28H27F2N3O4S/c1-28(2,3)37-27(34)32(4)17-19-12-26(24-10-5-6-11-25(24)30)33(18-19)38(35,36)23-9-7-8-20(14-23)21-13-22(29)16-31-15-21/h5-16,18H,17H2,1-4H3. The summed E-state index contributed by atoms with van der Waals surface area (Å²) in [5.74, 6) is -1.16. The van der Waals surface area contributed by atoms with Crippen LogP contribution < -0.4 is 0 Å². The molecular weight excluding hydrogens is 512 g/mol.